The van der Waals surface area contributed by atoms with Gasteiger partial charge in [0.25, 0.3) is 20.2 Å². The molecule has 0 unspecified atom stereocenters. The maximum atomic E-state index is 10.6. The summed E-state index contributed by atoms with van der Waals surface area (Å²) < 4.78 is 59.7. The molecular formula is C12H16N4O6S2. The van der Waals surface area contributed by atoms with Gasteiger partial charge in [-0.05, 0) is 36.4 Å². The fraction of sp³-hybridized carbons (Fsp3) is 0. The minimum Gasteiger partial charge on any atom is -0.399 e. The molecule has 10 nitrogen and oxygen atoms in total. The van der Waals surface area contributed by atoms with Crippen molar-refractivity contribution in [2.75, 3.05) is 22.9 Å². The Kier molecular flexibility index (Phi) is 5.62. The molecule has 0 aliphatic carbocycles. The maximum Gasteiger partial charge on any atom is 0.296 e. The first-order valence-corrected chi connectivity index (χ1v) is 8.95. The third-order valence-corrected chi connectivity index (χ3v) is 4.46. The van der Waals surface area contributed by atoms with Crippen LogP contribution in [0, 0.1) is 0 Å². The molecule has 0 amide bonds. The predicted octanol–water partition coefficient (Wildman–Crippen LogP) is 0.195. The highest BCUT2D eigenvalue weighted by Gasteiger charge is 2.13. The zero-order valence-corrected chi connectivity index (χ0v) is 13.8. The second-order valence-corrected chi connectivity index (χ2v) is 7.32. The number of hydrogen-bond donors (Lipinski definition) is 6. The maximum absolute atomic E-state index is 10.6. The summed E-state index contributed by atoms with van der Waals surface area (Å²) in [6, 6.07) is 7.63. The number of benzene rings is 2. The summed E-state index contributed by atoms with van der Waals surface area (Å²) in [5.74, 6) is 0. The summed E-state index contributed by atoms with van der Waals surface area (Å²) in [5, 5.41) is 0. The van der Waals surface area contributed by atoms with E-state index < -0.39 is 20.2 Å². The van der Waals surface area contributed by atoms with Crippen molar-refractivity contribution in [3.05, 3.63) is 36.4 Å². The highest BCUT2D eigenvalue weighted by Crippen LogP contribution is 2.20. The normalized spacial score (nSPS) is 11.4. The van der Waals surface area contributed by atoms with Crippen molar-refractivity contribution in [3.8, 4) is 0 Å². The molecule has 2 aromatic carbocycles. The molecule has 12 heteroatoms. The van der Waals surface area contributed by atoms with E-state index in [4.69, 9.17) is 32.0 Å². The number of anilines is 4. The fourth-order valence-electron chi connectivity index (χ4n) is 1.58. The van der Waals surface area contributed by atoms with Gasteiger partial charge in [-0.15, -0.1) is 0 Å². The van der Waals surface area contributed by atoms with Crippen molar-refractivity contribution in [1.29, 1.82) is 0 Å². The van der Waals surface area contributed by atoms with Crippen molar-refractivity contribution >= 4 is 43.0 Å². The van der Waals surface area contributed by atoms with E-state index in [-0.39, 0.29) is 26.9 Å². The molecular weight excluding hydrogens is 360 g/mol. The third-order valence-electron chi connectivity index (χ3n) is 2.63. The first-order valence-electron chi connectivity index (χ1n) is 6.07. The minimum absolute atomic E-state index is 0.0216. The van der Waals surface area contributed by atoms with Crippen LogP contribution in [0.4, 0.5) is 22.7 Å². The lowest BCUT2D eigenvalue weighted by atomic mass is 10.3. The summed E-state index contributed by atoms with van der Waals surface area (Å²) in [5.41, 5.74) is 21.7. The largest absolute Gasteiger partial charge is 0.399 e. The van der Waals surface area contributed by atoms with Crippen LogP contribution < -0.4 is 22.9 Å². The highest BCUT2D eigenvalue weighted by atomic mass is 32.2. The fourth-order valence-corrected chi connectivity index (χ4v) is 2.82. The van der Waals surface area contributed by atoms with E-state index in [1.165, 1.54) is 24.3 Å². The Balaban J connectivity index is 0.000000240. The first kappa shape index (κ1) is 19.5. The first-order chi connectivity index (χ1) is 10.8. The topological polar surface area (TPSA) is 213 Å². The molecule has 0 aliphatic rings. The highest BCUT2D eigenvalue weighted by molar-refractivity contribution is 7.86. The van der Waals surface area contributed by atoms with E-state index >= 15 is 0 Å². The van der Waals surface area contributed by atoms with E-state index in [1.54, 1.807) is 0 Å². The van der Waals surface area contributed by atoms with Gasteiger partial charge < -0.3 is 22.9 Å². The smallest absolute Gasteiger partial charge is 0.296 e. The Hall–Kier alpha value is -2.54. The molecule has 2 aromatic rings. The zero-order valence-electron chi connectivity index (χ0n) is 12.1. The summed E-state index contributed by atoms with van der Waals surface area (Å²) in [4.78, 5) is -0.681. The minimum atomic E-state index is -4.26. The van der Waals surface area contributed by atoms with E-state index in [0.29, 0.717) is 5.69 Å². The lowest BCUT2D eigenvalue weighted by Gasteiger charge is -2.02. The molecule has 0 heterocycles. The molecule has 0 bridgehead atoms. The zero-order chi connectivity index (χ0) is 18.7. The van der Waals surface area contributed by atoms with E-state index in [0.717, 1.165) is 12.1 Å². The Labute approximate surface area is 138 Å². The van der Waals surface area contributed by atoms with Gasteiger partial charge in [-0.3, -0.25) is 9.11 Å². The van der Waals surface area contributed by atoms with Gasteiger partial charge in [-0.25, -0.2) is 0 Å². The van der Waals surface area contributed by atoms with Crippen LogP contribution in [0.2, 0.25) is 0 Å². The monoisotopic (exact) mass is 376 g/mol. The van der Waals surface area contributed by atoms with Gasteiger partial charge in [0, 0.05) is 11.4 Å². The van der Waals surface area contributed by atoms with Crippen LogP contribution in [0.1, 0.15) is 0 Å². The molecule has 0 saturated heterocycles. The van der Waals surface area contributed by atoms with Gasteiger partial charge in [0.1, 0.15) is 9.79 Å². The van der Waals surface area contributed by atoms with Gasteiger partial charge in [0.2, 0.25) is 0 Å². The number of nitrogen functional groups attached to an aromatic ring is 4. The Morgan fingerprint density at radius 2 is 1.08 bits per heavy atom. The van der Waals surface area contributed by atoms with Crippen molar-refractivity contribution in [1.82, 2.24) is 0 Å². The van der Waals surface area contributed by atoms with Crippen molar-refractivity contribution in [2.45, 2.75) is 9.79 Å². The van der Waals surface area contributed by atoms with Gasteiger partial charge in [0.15, 0.2) is 0 Å². The van der Waals surface area contributed by atoms with Crippen LogP contribution in [0.25, 0.3) is 0 Å². The van der Waals surface area contributed by atoms with Crippen LogP contribution in [0.5, 0.6) is 0 Å². The molecule has 132 valence electrons. The van der Waals surface area contributed by atoms with E-state index in [2.05, 4.69) is 0 Å². The lowest BCUT2D eigenvalue weighted by Crippen LogP contribution is -2.03. The van der Waals surface area contributed by atoms with Gasteiger partial charge in [0.05, 0.1) is 11.4 Å². The van der Waals surface area contributed by atoms with Gasteiger partial charge >= 0.3 is 0 Å². The second-order valence-electron chi connectivity index (χ2n) is 4.54. The number of rotatable bonds is 2. The molecule has 0 saturated carbocycles. The van der Waals surface area contributed by atoms with E-state index in [1.807, 2.05) is 0 Å². The molecule has 10 N–H and O–H groups in total. The van der Waals surface area contributed by atoms with Crippen LogP contribution in [-0.4, -0.2) is 25.9 Å². The summed E-state index contributed by atoms with van der Waals surface area (Å²) in [6.07, 6.45) is 0. The SMILES string of the molecule is Nc1ccc(N)c(S(=O)(=O)O)c1.Nc1ccc(S(=O)(=O)O)c(N)c1. The Morgan fingerprint density at radius 1 is 0.625 bits per heavy atom. The van der Waals surface area contributed by atoms with Crippen LogP contribution in [0.15, 0.2) is 46.2 Å². The lowest BCUT2D eigenvalue weighted by molar-refractivity contribution is 0.481. The molecule has 0 spiro atoms. The quantitative estimate of drug-likeness (QED) is 0.309. The summed E-state index contributed by atoms with van der Waals surface area (Å²) in [7, 11) is -8.49. The van der Waals surface area contributed by atoms with Crippen LogP contribution >= 0.6 is 0 Å². The average Bonchev–Trinajstić information content (AvgIpc) is 2.39. The van der Waals surface area contributed by atoms with Crippen LogP contribution in [-0.2, 0) is 20.2 Å². The summed E-state index contributed by atoms with van der Waals surface area (Å²) >= 11 is 0. The Bertz CT molecular complexity index is 958. The Morgan fingerprint density at radius 3 is 1.50 bits per heavy atom. The van der Waals surface area contributed by atoms with Crippen molar-refractivity contribution in [3.63, 3.8) is 0 Å². The molecule has 0 fully saturated rings. The van der Waals surface area contributed by atoms with Crippen molar-refractivity contribution in [2.24, 2.45) is 0 Å². The number of nitrogens with two attached hydrogens (primary N) is 4. The summed E-state index contributed by atoms with van der Waals surface area (Å²) in [6.45, 7) is 0. The average molecular weight is 376 g/mol. The predicted molar refractivity (Wildman–Crippen MR) is 90.2 cm³/mol. The molecule has 0 radical (unpaired) electrons. The molecule has 0 aliphatic heterocycles. The number of hydrogen-bond acceptors (Lipinski definition) is 8. The van der Waals surface area contributed by atoms with Crippen LogP contribution in [0.3, 0.4) is 0 Å². The van der Waals surface area contributed by atoms with E-state index in [9.17, 15) is 16.8 Å². The molecule has 24 heavy (non-hydrogen) atoms. The molecule has 2 rings (SSSR count). The second kappa shape index (κ2) is 6.92. The third kappa shape index (κ3) is 5.27. The van der Waals surface area contributed by atoms with Gasteiger partial charge in [-0.2, -0.15) is 16.8 Å². The molecule has 0 atom stereocenters. The van der Waals surface area contributed by atoms with Gasteiger partial charge in [-0.1, -0.05) is 0 Å². The standard InChI is InChI=1S/2C6H8N2O3S/c7-4-1-2-6(5(8)3-4)12(9,10)11;7-4-1-2-5(8)6(3-4)12(9,10)11/h2*1-3H,7-8H2,(H,9,10,11). The molecule has 0 aromatic heterocycles. The van der Waals surface area contributed by atoms with Crippen molar-refractivity contribution < 1.29 is 25.9 Å².